The Bertz CT molecular complexity index is 399. The summed E-state index contributed by atoms with van der Waals surface area (Å²) in [6.07, 6.45) is 0. The number of aromatic carboxylic acids is 1. The molecule has 6 heteroatoms. The monoisotopic (exact) mass is 181 g/mol. The van der Waals surface area contributed by atoms with Crippen molar-refractivity contribution in [1.82, 2.24) is 0 Å². The molecule has 0 aliphatic rings. The zero-order chi connectivity index (χ0) is 9.84. The Morgan fingerprint density at radius 1 is 1.62 bits per heavy atom. The smallest absolute Gasteiger partial charge is 0.338 e. The largest absolute Gasteiger partial charge is 0.478 e. The molecule has 0 bridgehead atoms. The molecule has 0 unspecified atom stereocenters. The van der Waals surface area contributed by atoms with E-state index >= 15 is 0 Å². The number of carboxylic acid groups (broad SMARTS) is 1. The summed E-state index contributed by atoms with van der Waals surface area (Å²) >= 11 is 0. The number of azide groups is 1. The van der Waals surface area contributed by atoms with Gasteiger partial charge in [0.25, 0.3) is 0 Å². The number of carbonyl (C=O) groups is 1. The van der Waals surface area contributed by atoms with Crippen molar-refractivity contribution in [3.63, 3.8) is 0 Å². The van der Waals surface area contributed by atoms with E-state index in [0.717, 1.165) is 12.1 Å². The topological polar surface area (TPSA) is 86.1 Å². The van der Waals surface area contributed by atoms with E-state index in [-0.39, 0.29) is 5.69 Å². The van der Waals surface area contributed by atoms with E-state index < -0.39 is 17.3 Å². The van der Waals surface area contributed by atoms with Crippen LogP contribution in [0.15, 0.2) is 23.3 Å². The van der Waals surface area contributed by atoms with Crippen molar-refractivity contribution in [1.29, 1.82) is 0 Å². The van der Waals surface area contributed by atoms with Crippen LogP contribution in [0.4, 0.5) is 10.1 Å². The molecule has 13 heavy (non-hydrogen) atoms. The minimum Gasteiger partial charge on any atom is -0.478 e. The van der Waals surface area contributed by atoms with Crippen molar-refractivity contribution in [2.24, 2.45) is 5.11 Å². The Labute approximate surface area is 72.1 Å². The number of rotatable bonds is 2. The zero-order valence-corrected chi connectivity index (χ0v) is 6.31. The van der Waals surface area contributed by atoms with Crippen molar-refractivity contribution < 1.29 is 14.3 Å². The fraction of sp³-hybridized carbons (Fsp3) is 0. The van der Waals surface area contributed by atoms with E-state index in [2.05, 4.69) is 10.0 Å². The molecule has 0 fully saturated rings. The molecule has 1 N–H and O–H groups in total. The molecule has 1 aromatic carbocycles. The fourth-order valence-corrected chi connectivity index (χ4v) is 0.791. The SMILES string of the molecule is [N-]=[N+]=Nc1ccc(F)c(C(=O)O)c1. The summed E-state index contributed by atoms with van der Waals surface area (Å²) in [7, 11) is 0. The lowest BCUT2D eigenvalue weighted by Crippen LogP contribution is -1.99. The molecule has 0 aromatic heterocycles. The number of hydrogen-bond acceptors (Lipinski definition) is 2. The molecular weight excluding hydrogens is 177 g/mol. The molecule has 0 radical (unpaired) electrons. The minimum absolute atomic E-state index is 0.0706. The van der Waals surface area contributed by atoms with Gasteiger partial charge in [-0.15, -0.1) is 0 Å². The van der Waals surface area contributed by atoms with E-state index in [1.165, 1.54) is 6.07 Å². The molecule has 0 saturated heterocycles. The van der Waals surface area contributed by atoms with Gasteiger partial charge in [0.1, 0.15) is 5.82 Å². The first-order chi connectivity index (χ1) is 6.15. The van der Waals surface area contributed by atoms with Gasteiger partial charge in [-0.1, -0.05) is 5.11 Å². The second-order valence-electron chi connectivity index (χ2n) is 2.16. The van der Waals surface area contributed by atoms with Gasteiger partial charge >= 0.3 is 5.97 Å². The van der Waals surface area contributed by atoms with E-state index in [4.69, 9.17) is 10.6 Å². The summed E-state index contributed by atoms with van der Waals surface area (Å²) in [6, 6.07) is 3.10. The number of nitrogens with zero attached hydrogens (tertiary/aromatic N) is 3. The predicted molar refractivity (Wildman–Crippen MR) is 42.2 cm³/mol. The maximum absolute atomic E-state index is 12.7. The van der Waals surface area contributed by atoms with Crippen LogP contribution >= 0.6 is 0 Å². The summed E-state index contributed by atoms with van der Waals surface area (Å²) < 4.78 is 12.7. The van der Waals surface area contributed by atoms with E-state index in [9.17, 15) is 9.18 Å². The van der Waals surface area contributed by atoms with Crippen molar-refractivity contribution in [2.75, 3.05) is 0 Å². The summed E-state index contributed by atoms with van der Waals surface area (Å²) in [5.74, 6) is -2.25. The van der Waals surface area contributed by atoms with Crippen molar-refractivity contribution in [2.45, 2.75) is 0 Å². The van der Waals surface area contributed by atoms with Gasteiger partial charge in [0, 0.05) is 10.6 Å². The van der Waals surface area contributed by atoms with Crippen molar-refractivity contribution >= 4 is 11.7 Å². The highest BCUT2D eigenvalue weighted by atomic mass is 19.1. The summed E-state index contributed by atoms with van der Waals surface area (Å²) in [4.78, 5) is 12.8. The van der Waals surface area contributed by atoms with Crippen LogP contribution in [-0.2, 0) is 0 Å². The first-order valence-corrected chi connectivity index (χ1v) is 3.23. The minimum atomic E-state index is -1.40. The molecular formula is C7H4FN3O2. The van der Waals surface area contributed by atoms with Gasteiger partial charge in [-0.05, 0) is 23.7 Å². The highest BCUT2D eigenvalue weighted by molar-refractivity contribution is 5.88. The number of benzene rings is 1. The van der Waals surface area contributed by atoms with Gasteiger partial charge in [0.05, 0.1) is 5.56 Å². The van der Waals surface area contributed by atoms with Gasteiger partial charge in [0.15, 0.2) is 0 Å². The third-order valence-corrected chi connectivity index (χ3v) is 1.34. The van der Waals surface area contributed by atoms with Gasteiger partial charge in [-0.25, -0.2) is 9.18 Å². The van der Waals surface area contributed by atoms with Crippen LogP contribution in [-0.4, -0.2) is 11.1 Å². The maximum Gasteiger partial charge on any atom is 0.338 e. The van der Waals surface area contributed by atoms with Gasteiger partial charge in [-0.2, -0.15) is 0 Å². The molecule has 1 rings (SSSR count). The maximum atomic E-state index is 12.7. The van der Waals surface area contributed by atoms with Crippen molar-refractivity contribution in [3.8, 4) is 0 Å². The van der Waals surface area contributed by atoms with E-state index in [1.54, 1.807) is 0 Å². The van der Waals surface area contributed by atoms with Crippen LogP contribution in [0.5, 0.6) is 0 Å². The summed E-state index contributed by atoms with van der Waals surface area (Å²) in [6.45, 7) is 0. The van der Waals surface area contributed by atoms with E-state index in [0.29, 0.717) is 0 Å². The molecule has 0 amide bonds. The lowest BCUT2D eigenvalue weighted by Gasteiger charge is -1.97. The molecule has 0 heterocycles. The molecule has 1 aromatic rings. The lowest BCUT2D eigenvalue weighted by atomic mass is 10.2. The molecule has 0 aliphatic heterocycles. The molecule has 0 aliphatic carbocycles. The van der Waals surface area contributed by atoms with Gasteiger partial charge in [0.2, 0.25) is 0 Å². The van der Waals surface area contributed by atoms with Crippen LogP contribution in [0.2, 0.25) is 0 Å². The fourth-order valence-electron chi connectivity index (χ4n) is 0.791. The first kappa shape index (κ1) is 9.02. The number of halogens is 1. The Hall–Kier alpha value is -2.07. The molecule has 0 saturated carbocycles. The summed E-state index contributed by atoms with van der Waals surface area (Å²) in [5, 5.41) is 11.6. The second-order valence-corrected chi connectivity index (χ2v) is 2.16. The van der Waals surface area contributed by atoms with Gasteiger partial charge < -0.3 is 5.11 Å². The Morgan fingerprint density at radius 3 is 2.85 bits per heavy atom. The van der Waals surface area contributed by atoms with Crippen LogP contribution in [0.3, 0.4) is 0 Å². The molecule has 0 spiro atoms. The summed E-state index contributed by atoms with van der Waals surface area (Å²) in [5.41, 5.74) is 7.60. The molecule has 66 valence electrons. The predicted octanol–water partition coefficient (Wildman–Crippen LogP) is 2.47. The molecule has 5 nitrogen and oxygen atoms in total. The zero-order valence-electron chi connectivity index (χ0n) is 6.31. The number of hydrogen-bond donors (Lipinski definition) is 1. The Morgan fingerprint density at radius 2 is 2.31 bits per heavy atom. The first-order valence-electron chi connectivity index (χ1n) is 3.23. The number of carboxylic acids is 1. The van der Waals surface area contributed by atoms with Crippen LogP contribution in [0.25, 0.3) is 10.4 Å². The average molecular weight is 181 g/mol. The standard InChI is InChI=1S/C7H4FN3O2/c8-6-2-1-4(10-11-9)3-5(6)7(12)13/h1-3H,(H,12,13). The molecule has 0 atom stereocenters. The van der Waals surface area contributed by atoms with Crippen LogP contribution in [0.1, 0.15) is 10.4 Å². The average Bonchev–Trinajstić information content (AvgIpc) is 2.08. The normalized spacial score (nSPS) is 9.00. The lowest BCUT2D eigenvalue weighted by molar-refractivity contribution is 0.0692. The van der Waals surface area contributed by atoms with Crippen molar-refractivity contribution in [3.05, 3.63) is 40.0 Å². The Kier molecular flexibility index (Phi) is 2.47. The van der Waals surface area contributed by atoms with Crippen LogP contribution in [0, 0.1) is 5.82 Å². The Balaban J connectivity index is 3.26. The third kappa shape index (κ3) is 1.94. The second kappa shape index (κ2) is 3.55. The van der Waals surface area contributed by atoms with E-state index in [1.807, 2.05) is 0 Å². The quantitative estimate of drug-likeness (QED) is 0.431. The highest BCUT2D eigenvalue weighted by Crippen LogP contribution is 2.17. The third-order valence-electron chi connectivity index (χ3n) is 1.34. The van der Waals surface area contributed by atoms with Crippen LogP contribution < -0.4 is 0 Å². The van der Waals surface area contributed by atoms with Gasteiger partial charge in [-0.3, -0.25) is 0 Å². The highest BCUT2D eigenvalue weighted by Gasteiger charge is 2.09.